The van der Waals surface area contributed by atoms with E-state index in [0.29, 0.717) is 11.5 Å². The summed E-state index contributed by atoms with van der Waals surface area (Å²) in [5, 5.41) is 4.00. The molecular formula is C22H23N7OS. The zero-order valence-corrected chi connectivity index (χ0v) is 18.0. The molecule has 1 fully saturated rings. The number of thiazole rings is 1. The van der Waals surface area contributed by atoms with Crippen LogP contribution >= 0.6 is 11.3 Å². The van der Waals surface area contributed by atoms with Crippen molar-refractivity contribution in [3.8, 4) is 5.75 Å². The second-order valence-electron chi connectivity index (χ2n) is 7.25. The van der Waals surface area contributed by atoms with Gasteiger partial charge >= 0.3 is 0 Å². The van der Waals surface area contributed by atoms with Crippen molar-refractivity contribution in [1.82, 2.24) is 15.0 Å². The number of nitrogen functional groups attached to an aromatic ring is 1. The van der Waals surface area contributed by atoms with Crippen molar-refractivity contribution in [1.29, 1.82) is 0 Å². The van der Waals surface area contributed by atoms with Gasteiger partial charge in [-0.05, 0) is 30.3 Å². The number of fused-ring (bicyclic) bond motifs is 1. The van der Waals surface area contributed by atoms with Crippen molar-refractivity contribution in [3.63, 3.8) is 0 Å². The average molecular weight is 434 g/mol. The number of methoxy groups -OCH3 is 1. The van der Waals surface area contributed by atoms with Crippen molar-refractivity contribution in [2.75, 3.05) is 54.1 Å². The topological polar surface area (TPSA) is 92.4 Å². The second kappa shape index (κ2) is 8.27. The van der Waals surface area contributed by atoms with Crippen LogP contribution in [0, 0.1) is 0 Å². The van der Waals surface area contributed by atoms with Crippen LogP contribution < -0.4 is 25.6 Å². The van der Waals surface area contributed by atoms with Crippen LogP contribution in [0.25, 0.3) is 10.2 Å². The highest BCUT2D eigenvalue weighted by Gasteiger charge is 2.22. The van der Waals surface area contributed by atoms with E-state index in [0.717, 1.165) is 53.1 Å². The Balaban J connectivity index is 1.32. The summed E-state index contributed by atoms with van der Waals surface area (Å²) in [4.78, 5) is 18.0. The molecule has 158 valence electrons. The molecule has 2 aromatic heterocycles. The average Bonchev–Trinajstić information content (AvgIpc) is 3.22. The van der Waals surface area contributed by atoms with E-state index >= 15 is 0 Å². The fourth-order valence-electron chi connectivity index (χ4n) is 3.74. The molecule has 1 saturated heterocycles. The first-order valence-electron chi connectivity index (χ1n) is 10.1. The van der Waals surface area contributed by atoms with E-state index in [1.54, 1.807) is 13.4 Å². The summed E-state index contributed by atoms with van der Waals surface area (Å²) in [6.45, 7) is 3.51. The molecule has 1 aliphatic heterocycles. The predicted octanol–water partition coefficient (Wildman–Crippen LogP) is 3.75. The number of hydrogen-bond donors (Lipinski definition) is 2. The molecule has 31 heavy (non-hydrogen) atoms. The van der Waals surface area contributed by atoms with Gasteiger partial charge in [0.1, 0.15) is 17.8 Å². The van der Waals surface area contributed by atoms with Crippen molar-refractivity contribution >= 4 is 49.7 Å². The maximum atomic E-state index is 6.46. The van der Waals surface area contributed by atoms with Crippen LogP contribution in [0.1, 0.15) is 0 Å². The van der Waals surface area contributed by atoms with Gasteiger partial charge in [0.05, 0.1) is 17.3 Å². The number of rotatable bonds is 5. The van der Waals surface area contributed by atoms with Crippen LogP contribution in [0.2, 0.25) is 0 Å². The Hall–Kier alpha value is -3.59. The van der Waals surface area contributed by atoms with Crippen molar-refractivity contribution < 1.29 is 4.74 Å². The summed E-state index contributed by atoms with van der Waals surface area (Å²) in [5.41, 5.74) is 9.14. The summed E-state index contributed by atoms with van der Waals surface area (Å²) >= 11 is 1.53. The van der Waals surface area contributed by atoms with Crippen molar-refractivity contribution in [3.05, 3.63) is 54.9 Å². The van der Waals surface area contributed by atoms with Gasteiger partial charge in [0.15, 0.2) is 16.8 Å². The summed E-state index contributed by atoms with van der Waals surface area (Å²) in [6, 6.07) is 16.3. The Morgan fingerprint density at radius 1 is 1.00 bits per heavy atom. The Kier molecular flexibility index (Phi) is 5.17. The molecule has 0 atom stereocenters. The van der Waals surface area contributed by atoms with Crippen LogP contribution in [-0.4, -0.2) is 48.2 Å². The molecule has 3 N–H and O–H groups in total. The van der Waals surface area contributed by atoms with E-state index in [-0.39, 0.29) is 0 Å². The zero-order chi connectivity index (χ0) is 21.2. The molecule has 0 radical (unpaired) electrons. The lowest BCUT2D eigenvalue weighted by Crippen LogP contribution is -2.47. The lowest BCUT2D eigenvalue weighted by molar-refractivity contribution is 0.415. The monoisotopic (exact) mass is 433 g/mol. The van der Waals surface area contributed by atoms with E-state index in [9.17, 15) is 0 Å². The fourth-order valence-corrected chi connectivity index (χ4v) is 4.63. The molecule has 9 heteroatoms. The molecule has 0 saturated carbocycles. The van der Waals surface area contributed by atoms with E-state index in [1.807, 2.05) is 24.3 Å². The van der Waals surface area contributed by atoms with Gasteiger partial charge in [0.25, 0.3) is 0 Å². The Bertz CT molecular complexity index is 1190. The fraction of sp³-hybridized carbons (Fsp3) is 0.227. The zero-order valence-electron chi connectivity index (χ0n) is 17.2. The van der Waals surface area contributed by atoms with E-state index < -0.39 is 0 Å². The van der Waals surface area contributed by atoms with Gasteiger partial charge in [0.2, 0.25) is 0 Å². The third-order valence-electron chi connectivity index (χ3n) is 5.38. The normalized spacial score (nSPS) is 14.1. The number of nitrogens with two attached hydrogens (primary N) is 1. The number of ether oxygens (including phenoxy) is 1. The molecule has 0 unspecified atom stereocenters. The van der Waals surface area contributed by atoms with Crippen LogP contribution in [0.3, 0.4) is 0 Å². The predicted molar refractivity (Wildman–Crippen MR) is 127 cm³/mol. The molecule has 4 aromatic rings. The molecule has 3 heterocycles. The number of nitrogens with zero attached hydrogens (tertiary/aromatic N) is 5. The number of para-hydroxylation sites is 1. The highest BCUT2D eigenvalue weighted by atomic mass is 32.1. The minimum atomic E-state index is 0.535. The number of aromatic nitrogens is 3. The smallest absolute Gasteiger partial charge is 0.189 e. The lowest BCUT2D eigenvalue weighted by Gasteiger charge is -2.37. The van der Waals surface area contributed by atoms with Crippen LogP contribution in [0.5, 0.6) is 5.75 Å². The number of piperazine rings is 1. The highest BCUT2D eigenvalue weighted by molar-refractivity contribution is 7.22. The maximum absolute atomic E-state index is 6.46. The molecular weight excluding hydrogens is 410 g/mol. The number of benzene rings is 2. The summed E-state index contributed by atoms with van der Waals surface area (Å²) in [5.74, 6) is 2.13. The van der Waals surface area contributed by atoms with Crippen LogP contribution in [0.15, 0.2) is 54.9 Å². The molecule has 2 aromatic carbocycles. The molecule has 0 bridgehead atoms. The molecule has 8 nitrogen and oxygen atoms in total. The van der Waals surface area contributed by atoms with Crippen LogP contribution in [-0.2, 0) is 0 Å². The second-order valence-corrected chi connectivity index (χ2v) is 8.28. The van der Waals surface area contributed by atoms with Gasteiger partial charge in [-0.1, -0.05) is 29.5 Å². The molecule has 0 amide bonds. The summed E-state index contributed by atoms with van der Waals surface area (Å²) in [6.07, 6.45) is 1.55. The van der Waals surface area contributed by atoms with E-state index in [4.69, 9.17) is 10.5 Å². The standard InChI is InChI=1S/C22H23N7OS/c1-30-16-7-8-17-18(13-16)31-22(26-17)27-20-19(23)21(25-14-24-20)29-11-9-28(10-12-29)15-5-3-2-4-6-15/h2-8,13-14H,9-12,23H2,1H3,(H,24,25,26,27). The largest absolute Gasteiger partial charge is 0.497 e. The Morgan fingerprint density at radius 3 is 2.55 bits per heavy atom. The highest BCUT2D eigenvalue weighted by Crippen LogP contribution is 2.34. The van der Waals surface area contributed by atoms with Gasteiger partial charge in [-0.25, -0.2) is 15.0 Å². The number of anilines is 5. The SMILES string of the molecule is COc1ccc2nc(Nc3ncnc(N4CCN(c5ccccc5)CC4)c3N)sc2c1. The molecule has 1 aliphatic rings. The van der Waals surface area contributed by atoms with Crippen molar-refractivity contribution in [2.45, 2.75) is 0 Å². The van der Waals surface area contributed by atoms with E-state index in [2.05, 4.69) is 54.3 Å². The van der Waals surface area contributed by atoms with Gasteiger partial charge < -0.3 is 25.6 Å². The third-order valence-corrected chi connectivity index (χ3v) is 6.32. The van der Waals surface area contributed by atoms with Crippen molar-refractivity contribution in [2.24, 2.45) is 0 Å². The summed E-state index contributed by atoms with van der Waals surface area (Å²) < 4.78 is 6.33. The van der Waals surface area contributed by atoms with Gasteiger partial charge in [-0.3, -0.25) is 0 Å². The first-order chi connectivity index (χ1) is 15.2. The Labute approximate surface area is 184 Å². The first kappa shape index (κ1) is 19.4. The molecule has 0 aliphatic carbocycles. The molecule has 5 rings (SSSR count). The minimum absolute atomic E-state index is 0.535. The number of hydrogen-bond acceptors (Lipinski definition) is 9. The summed E-state index contributed by atoms with van der Waals surface area (Å²) in [7, 11) is 1.66. The third kappa shape index (κ3) is 3.91. The first-order valence-corrected chi connectivity index (χ1v) is 10.9. The van der Waals surface area contributed by atoms with E-state index in [1.165, 1.54) is 17.0 Å². The molecule has 0 spiro atoms. The lowest BCUT2D eigenvalue weighted by atomic mass is 10.2. The quantitative estimate of drug-likeness (QED) is 0.492. The van der Waals surface area contributed by atoms with Gasteiger partial charge in [0, 0.05) is 31.9 Å². The maximum Gasteiger partial charge on any atom is 0.189 e. The Morgan fingerprint density at radius 2 is 1.77 bits per heavy atom. The number of nitrogens with one attached hydrogen (secondary N) is 1. The van der Waals surface area contributed by atoms with Gasteiger partial charge in [-0.15, -0.1) is 0 Å². The van der Waals surface area contributed by atoms with Gasteiger partial charge in [-0.2, -0.15) is 0 Å². The van der Waals surface area contributed by atoms with Crippen LogP contribution in [0.4, 0.5) is 28.1 Å². The minimum Gasteiger partial charge on any atom is -0.497 e.